The highest BCUT2D eigenvalue weighted by Gasteiger charge is 2.19. The highest BCUT2D eigenvalue weighted by Crippen LogP contribution is 2.23. The van der Waals surface area contributed by atoms with Crippen LogP contribution >= 0.6 is 0 Å². The van der Waals surface area contributed by atoms with Gasteiger partial charge >= 0.3 is 0 Å². The molecule has 1 aliphatic rings. The average Bonchev–Trinajstić information content (AvgIpc) is 2.30. The lowest BCUT2D eigenvalue weighted by molar-refractivity contribution is 0.449. The maximum Gasteiger partial charge on any atom is 0.0396 e. The van der Waals surface area contributed by atoms with Crippen molar-refractivity contribution in [2.24, 2.45) is 0 Å². The van der Waals surface area contributed by atoms with Gasteiger partial charge < -0.3 is 10.2 Å². The number of para-hydroxylation sites is 1. The van der Waals surface area contributed by atoms with Gasteiger partial charge in [-0.1, -0.05) is 18.2 Å². The minimum absolute atomic E-state index is 0.651. The second-order valence-corrected chi connectivity index (χ2v) is 4.36. The summed E-state index contributed by atoms with van der Waals surface area (Å²) in [6.07, 6.45) is 2.60. The quantitative estimate of drug-likeness (QED) is 0.794. The highest BCUT2D eigenvalue weighted by molar-refractivity contribution is 5.53. The predicted octanol–water partition coefficient (Wildman–Crippen LogP) is 2.18. The summed E-state index contributed by atoms with van der Waals surface area (Å²) in [7, 11) is 2.06. The van der Waals surface area contributed by atoms with Gasteiger partial charge in [0.1, 0.15) is 0 Å². The number of nitrogens with zero attached hydrogens (tertiary/aromatic N) is 1. The average molecular weight is 204 g/mol. The smallest absolute Gasteiger partial charge is 0.0396 e. The number of anilines is 1. The van der Waals surface area contributed by atoms with E-state index in [2.05, 4.69) is 48.5 Å². The van der Waals surface area contributed by atoms with Gasteiger partial charge in [-0.3, -0.25) is 0 Å². The second-order valence-electron chi connectivity index (χ2n) is 4.36. The van der Waals surface area contributed by atoms with Crippen molar-refractivity contribution in [2.75, 3.05) is 25.0 Å². The van der Waals surface area contributed by atoms with Gasteiger partial charge in [0.25, 0.3) is 0 Å². The number of nitrogens with one attached hydrogen (secondary N) is 1. The lowest BCUT2D eigenvalue weighted by Gasteiger charge is -2.35. The fourth-order valence-electron chi connectivity index (χ4n) is 2.35. The van der Waals surface area contributed by atoms with E-state index in [4.69, 9.17) is 0 Å². The first kappa shape index (κ1) is 10.5. The van der Waals surface area contributed by atoms with Crippen molar-refractivity contribution in [3.63, 3.8) is 0 Å². The van der Waals surface area contributed by atoms with Crippen LogP contribution in [-0.2, 0) is 0 Å². The standard InChI is InChI=1S/C13H20N2/c1-11-6-3-4-8-13(11)15-9-5-7-12(10-15)14-2/h3-4,6,8,12,14H,5,7,9-10H2,1-2H3. The molecule has 1 aromatic carbocycles. The molecular weight excluding hydrogens is 184 g/mol. The van der Waals surface area contributed by atoms with E-state index in [1.807, 2.05) is 0 Å². The molecule has 15 heavy (non-hydrogen) atoms. The van der Waals surface area contributed by atoms with Crippen molar-refractivity contribution in [3.05, 3.63) is 29.8 Å². The lowest BCUT2D eigenvalue weighted by atomic mass is 10.0. The molecule has 0 bridgehead atoms. The molecule has 1 aromatic rings. The van der Waals surface area contributed by atoms with Crippen LogP contribution in [-0.4, -0.2) is 26.2 Å². The first-order chi connectivity index (χ1) is 7.31. The fourth-order valence-corrected chi connectivity index (χ4v) is 2.35. The van der Waals surface area contributed by atoms with Gasteiger partial charge in [-0.2, -0.15) is 0 Å². The zero-order chi connectivity index (χ0) is 10.7. The third kappa shape index (κ3) is 2.32. The van der Waals surface area contributed by atoms with Crippen molar-refractivity contribution in [1.82, 2.24) is 5.32 Å². The number of likely N-dealkylation sites (N-methyl/N-ethyl adjacent to an activating group) is 1. The third-order valence-corrected chi connectivity index (χ3v) is 3.29. The minimum Gasteiger partial charge on any atom is -0.370 e. The predicted molar refractivity (Wildman–Crippen MR) is 65.5 cm³/mol. The molecule has 1 unspecified atom stereocenters. The van der Waals surface area contributed by atoms with Gasteiger partial charge in [-0.15, -0.1) is 0 Å². The van der Waals surface area contributed by atoms with E-state index in [0.29, 0.717) is 6.04 Å². The molecule has 0 radical (unpaired) electrons. The lowest BCUT2D eigenvalue weighted by Crippen LogP contribution is -2.44. The van der Waals surface area contributed by atoms with Crippen LogP contribution in [0, 0.1) is 6.92 Å². The van der Waals surface area contributed by atoms with Gasteiger partial charge in [-0.05, 0) is 38.4 Å². The Kier molecular flexibility index (Phi) is 3.27. The molecule has 2 nitrogen and oxygen atoms in total. The molecule has 1 fully saturated rings. The first-order valence-corrected chi connectivity index (χ1v) is 5.79. The van der Waals surface area contributed by atoms with E-state index in [-0.39, 0.29) is 0 Å². The van der Waals surface area contributed by atoms with Crippen LogP contribution in [0.2, 0.25) is 0 Å². The third-order valence-electron chi connectivity index (χ3n) is 3.29. The molecule has 1 atom stereocenters. The molecule has 0 aliphatic carbocycles. The molecule has 1 heterocycles. The Labute approximate surface area is 92.3 Å². The molecule has 2 rings (SSSR count). The zero-order valence-corrected chi connectivity index (χ0v) is 9.66. The maximum absolute atomic E-state index is 3.38. The first-order valence-electron chi connectivity index (χ1n) is 5.79. The van der Waals surface area contributed by atoms with Crippen LogP contribution < -0.4 is 10.2 Å². The van der Waals surface area contributed by atoms with Crippen LogP contribution in [0.25, 0.3) is 0 Å². The monoisotopic (exact) mass is 204 g/mol. The number of aryl methyl sites for hydroxylation is 1. The molecule has 1 aliphatic heterocycles. The number of hydrogen-bond acceptors (Lipinski definition) is 2. The zero-order valence-electron chi connectivity index (χ0n) is 9.66. The maximum atomic E-state index is 3.38. The van der Waals surface area contributed by atoms with Crippen molar-refractivity contribution < 1.29 is 0 Å². The van der Waals surface area contributed by atoms with Crippen molar-refractivity contribution in [2.45, 2.75) is 25.8 Å². The molecule has 2 heteroatoms. The van der Waals surface area contributed by atoms with Gasteiger partial charge in [0.05, 0.1) is 0 Å². The van der Waals surface area contributed by atoms with Crippen LogP contribution in [0.5, 0.6) is 0 Å². The van der Waals surface area contributed by atoms with Crippen molar-refractivity contribution >= 4 is 5.69 Å². The van der Waals surface area contributed by atoms with Crippen LogP contribution in [0.1, 0.15) is 18.4 Å². The summed E-state index contributed by atoms with van der Waals surface area (Å²) in [4.78, 5) is 2.50. The van der Waals surface area contributed by atoms with Crippen molar-refractivity contribution in [3.8, 4) is 0 Å². The highest BCUT2D eigenvalue weighted by atomic mass is 15.2. The molecule has 1 saturated heterocycles. The Morgan fingerprint density at radius 1 is 1.33 bits per heavy atom. The van der Waals surface area contributed by atoms with Gasteiger partial charge in [0.2, 0.25) is 0 Å². The fraction of sp³-hybridized carbons (Fsp3) is 0.538. The Hall–Kier alpha value is -1.02. The summed E-state index contributed by atoms with van der Waals surface area (Å²) >= 11 is 0. The van der Waals surface area contributed by atoms with Gasteiger partial charge in [0.15, 0.2) is 0 Å². The van der Waals surface area contributed by atoms with E-state index in [1.165, 1.54) is 30.6 Å². The van der Waals surface area contributed by atoms with E-state index in [9.17, 15) is 0 Å². The van der Waals surface area contributed by atoms with E-state index in [0.717, 1.165) is 6.54 Å². The van der Waals surface area contributed by atoms with E-state index >= 15 is 0 Å². The summed E-state index contributed by atoms with van der Waals surface area (Å²) in [5.74, 6) is 0. The Balaban J connectivity index is 2.13. The summed E-state index contributed by atoms with van der Waals surface area (Å²) in [5.41, 5.74) is 2.78. The SMILES string of the molecule is CNC1CCCN(c2ccccc2C)C1. The molecule has 0 aromatic heterocycles. The minimum atomic E-state index is 0.651. The van der Waals surface area contributed by atoms with Crippen LogP contribution in [0.4, 0.5) is 5.69 Å². The topological polar surface area (TPSA) is 15.3 Å². The van der Waals surface area contributed by atoms with E-state index in [1.54, 1.807) is 0 Å². The molecule has 82 valence electrons. The summed E-state index contributed by atoms with van der Waals surface area (Å²) < 4.78 is 0. The van der Waals surface area contributed by atoms with Crippen LogP contribution in [0.15, 0.2) is 24.3 Å². The number of benzene rings is 1. The Bertz CT molecular complexity index is 322. The largest absolute Gasteiger partial charge is 0.370 e. The number of rotatable bonds is 2. The molecule has 0 saturated carbocycles. The number of piperidine rings is 1. The summed E-state index contributed by atoms with van der Waals surface area (Å²) in [5, 5.41) is 3.38. The molecular formula is C13H20N2. The molecule has 1 N–H and O–H groups in total. The number of hydrogen-bond donors (Lipinski definition) is 1. The van der Waals surface area contributed by atoms with Crippen molar-refractivity contribution in [1.29, 1.82) is 0 Å². The Morgan fingerprint density at radius 2 is 2.13 bits per heavy atom. The van der Waals surface area contributed by atoms with Gasteiger partial charge in [-0.25, -0.2) is 0 Å². The molecule has 0 spiro atoms. The van der Waals surface area contributed by atoms with E-state index < -0.39 is 0 Å². The second kappa shape index (κ2) is 4.67. The summed E-state index contributed by atoms with van der Waals surface area (Å²) in [6, 6.07) is 9.31. The molecule has 0 amide bonds. The summed E-state index contributed by atoms with van der Waals surface area (Å²) in [6.45, 7) is 4.53. The van der Waals surface area contributed by atoms with Gasteiger partial charge in [0, 0.05) is 24.8 Å². The van der Waals surface area contributed by atoms with Crippen LogP contribution in [0.3, 0.4) is 0 Å². The Morgan fingerprint density at radius 3 is 2.87 bits per heavy atom. The normalized spacial score (nSPS) is 21.7.